The van der Waals surface area contributed by atoms with Crippen LogP contribution in [0.5, 0.6) is 0 Å². The molecule has 1 amide bonds. The third kappa shape index (κ3) is 2.22. The number of hydrogen-bond donors (Lipinski definition) is 2. The van der Waals surface area contributed by atoms with E-state index in [4.69, 9.17) is 0 Å². The summed E-state index contributed by atoms with van der Waals surface area (Å²) in [5.41, 5.74) is -0.0930. The molecule has 0 aliphatic carbocycles. The minimum Gasteiger partial charge on any atom is -0.359 e. The highest BCUT2D eigenvalue weighted by atomic mass is 19.2. The largest absolute Gasteiger partial charge is 0.359 e. The Bertz CT molecular complexity index is 680. The lowest BCUT2D eigenvalue weighted by Crippen LogP contribution is -2.24. The van der Waals surface area contributed by atoms with Crippen molar-refractivity contribution in [1.82, 2.24) is 10.3 Å². The van der Waals surface area contributed by atoms with Crippen LogP contribution in [0.1, 0.15) is 5.56 Å². The van der Waals surface area contributed by atoms with Crippen LogP contribution in [0.15, 0.2) is 23.0 Å². The SMILES string of the molecule is CNC(=O)Cc1cc2cc(F)c(F)cc2[nH]c1=O. The molecule has 2 N–H and O–H groups in total. The fraction of sp³-hybridized carbons (Fsp3) is 0.167. The number of amides is 1. The van der Waals surface area contributed by atoms with Gasteiger partial charge < -0.3 is 10.3 Å². The van der Waals surface area contributed by atoms with Crippen LogP contribution in [0.25, 0.3) is 10.9 Å². The van der Waals surface area contributed by atoms with Crippen molar-refractivity contribution in [3.63, 3.8) is 0 Å². The summed E-state index contributed by atoms with van der Waals surface area (Å²) in [6, 6.07) is 3.27. The van der Waals surface area contributed by atoms with Crippen molar-refractivity contribution in [2.24, 2.45) is 0 Å². The summed E-state index contributed by atoms with van der Waals surface area (Å²) in [5, 5.41) is 2.72. The van der Waals surface area contributed by atoms with Gasteiger partial charge in [0.05, 0.1) is 11.9 Å². The second-order valence-electron chi connectivity index (χ2n) is 3.83. The Morgan fingerprint density at radius 1 is 1.28 bits per heavy atom. The number of carbonyl (C=O) groups excluding carboxylic acids is 1. The Hall–Kier alpha value is -2.24. The van der Waals surface area contributed by atoms with E-state index >= 15 is 0 Å². The van der Waals surface area contributed by atoms with Gasteiger partial charge in [0, 0.05) is 24.1 Å². The van der Waals surface area contributed by atoms with E-state index in [2.05, 4.69) is 10.3 Å². The van der Waals surface area contributed by atoms with Gasteiger partial charge in [-0.25, -0.2) is 8.78 Å². The van der Waals surface area contributed by atoms with E-state index in [1.165, 1.54) is 13.1 Å². The molecule has 0 unspecified atom stereocenters. The fourth-order valence-electron chi connectivity index (χ4n) is 1.64. The van der Waals surface area contributed by atoms with Crippen LogP contribution in [0.3, 0.4) is 0 Å². The number of benzene rings is 1. The van der Waals surface area contributed by atoms with Crippen LogP contribution >= 0.6 is 0 Å². The Balaban J connectivity index is 2.57. The van der Waals surface area contributed by atoms with Crippen molar-refractivity contribution in [3.05, 3.63) is 45.8 Å². The molecule has 18 heavy (non-hydrogen) atoms. The number of halogens is 2. The van der Waals surface area contributed by atoms with Gasteiger partial charge in [0.1, 0.15) is 0 Å². The molecule has 94 valence electrons. The molecule has 6 heteroatoms. The van der Waals surface area contributed by atoms with Crippen LogP contribution in [0.4, 0.5) is 8.78 Å². The van der Waals surface area contributed by atoms with Crippen molar-refractivity contribution in [1.29, 1.82) is 0 Å². The highest BCUT2D eigenvalue weighted by Gasteiger charge is 2.10. The summed E-state index contributed by atoms with van der Waals surface area (Å²) in [5.74, 6) is -2.36. The van der Waals surface area contributed by atoms with Crippen LogP contribution in [0.2, 0.25) is 0 Å². The average molecular weight is 252 g/mol. The molecule has 0 saturated carbocycles. The van der Waals surface area contributed by atoms with Gasteiger partial charge in [-0.15, -0.1) is 0 Å². The standard InChI is InChI=1S/C12H10F2N2O2/c1-15-11(17)4-7-2-6-3-8(13)9(14)5-10(6)16-12(7)18/h2-3,5H,4H2,1H3,(H,15,17)(H,16,18). The monoisotopic (exact) mass is 252 g/mol. The fourth-order valence-corrected chi connectivity index (χ4v) is 1.64. The molecular weight excluding hydrogens is 242 g/mol. The number of likely N-dealkylation sites (N-methyl/N-ethyl adjacent to an activating group) is 1. The minimum absolute atomic E-state index is 0.110. The Kier molecular flexibility index (Phi) is 3.10. The quantitative estimate of drug-likeness (QED) is 0.840. The number of pyridine rings is 1. The lowest BCUT2D eigenvalue weighted by molar-refractivity contribution is -0.119. The first-order valence-electron chi connectivity index (χ1n) is 5.23. The topological polar surface area (TPSA) is 62.0 Å². The van der Waals surface area contributed by atoms with Crippen molar-refractivity contribution in [2.75, 3.05) is 7.05 Å². The minimum atomic E-state index is -1.03. The number of fused-ring (bicyclic) bond motifs is 1. The van der Waals surface area contributed by atoms with Crippen LogP contribution < -0.4 is 10.9 Å². The molecule has 0 aliphatic heterocycles. The summed E-state index contributed by atoms with van der Waals surface area (Å²) in [6.07, 6.45) is -0.110. The second-order valence-corrected chi connectivity index (χ2v) is 3.83. The molecule has 0 bridgehead atoms. The van der Waals surface area contributed by atoms with Crippen molar-refractivity contribution in [2.45, 2.75) is 6.42 Å². The molecule has 2 aromatic rings. The molecule has 1 aromatic carbocycles. The van der Waals surface area contributed by atoms with Crippen molar-refractivity contribution < 1.29 is 13.6 Å². The van der Waals surface area contributed by atoms with E-state index in [1.54, 1.807) is 0 Å². The number of carbonyl (C=O) groups is 1. The first-order chi connectivity index (χ1) is 8.51. The number of hydrogen-bond acceptors (Lipinski definition) is 2. The predicted molar refractivity (Wildman–Crippen MR) is 62.3 cm³/mol. The maximum absolute atomic E-state index is 13.1. The summed E-state index contributed by atoms with van der Waals surface area (Å²) < 4.78 is 26.0. The number of nitrogens with one attached hydrogen (secondary N) is 2. The lowest BCUT2D eigenvalue weighted by atomic mass is 10.1. The first-order valence-corrected chi connectivity index (χ1v) is 5.23. The van der Waals surface area contributed by atoms with Gasteiger partial charge in [-0.2, -0.15) is 0 Å². The number of aromatic nitrogens is 1. The Morgan fingerprint density at radius 2 is 1.94 bits per heavy atom. The normalized spacial score (nSPS) is 10.6. The molecule has 0 saturated heterocycles. The molecule has 4 nitrogen and oxygen atoms in total. The van der Waals surface area contributed by atoms with E-state index < -0.39 is 17.2 Å². The molecule has 1 heterocycles. The zero-order chi connectivity index (χ0) is 13.3. The van der Waals surface area contributed by atoms with Crippen molar-refractivity contribution >= 4 is 16.8 Å². The second kappa shape index (κ2) is 4.56. The summed E-state index contributed by atoms with van der Waals surface area (Å²) >= 11 is 0. The smallest absolute Gasteiger partial charge is 0.252 e. The van der Waals surface area contributed by atoms with Gasteiger partial charge >= 0.3 is 0 Å². The van der Waals surface area contributed by atoms with Gasteiger partial charge in [0.2, 0.25) is 5.91 Å². The highest BCUT2D eigenvalue weighted by Crippen LogP contribution is 2.16. The van der Waals surface area contributed by atoms with Crippen molar-refractivity contribution in [3.8, 4) is 0 Å². The molecule has 0 aliphatic rings. The third-order valence-electron chi connectivity index (χ3n) is 2.59. The van der Waals surface area contributed by atoms with Gasteiger partial charge in [0.15, 0.2) is 11.6 Å². The molecular formula is C12H10F2N2O2. The molecule has 0 fully saturated rings. The molecule has 2 rings (SSSR count). The maximum atomic E-state index is 13.1. The molecule has 0 radical (unpaired) electrons. The lowest BCUT2D eigenvalue weighted by Gasteiger charge is -2.03. The number of aromatic amines is 1. The van der Waals surface area contributed by atoms with Gasteiger partial charge in [-0.05, 0) is 12.1 Å². The van der Waals surface area contributed by atoms with E-state index in [9.17, 15) is 18.4 Å². The first kappa shape index (κ1) is 12.2. The number of H-pyrrole nitrogens is 1. The predicted octanol–water partition coefficient (Wildman–Crippen LogP) is 1.09. The van der Waals surface area contributed by atoms with Gasteiger partial charge in [0.25, 0.3) is 5.56 Å². The maximum Gasteiger partial charge on any atom is 0.252 e. The highest BCUT2D eigenvalue weighted by molar-refractivity contribution is 5.82. The molecule has 0 spiro atoms. The van der Waals surface area contributed by atoms with Crippen LogP contribution in [-0.4, -0.2) is 17.9 Å². The van der Waals surface area contributed by atoms with Gasteiger partial charge in [-0.3, -0.25) is 9.59 Å². The zero-order valence-electron chi connectivity index (χ0n) is 9.51. The summed E-state index contributed by atoms with van der Waals surface area (Å²) in [4.78, 5) is 25.2. The van der Waals surface area contributed by atoms with Gasteiger partial charge in [-0.1, -0.05) is 0 Å². The average Bonchev–Trinajstić information content (AvgIpc) is 2.32. The van der Waals surface area contributed by atoms with E-state index in [0.717, 1.165) is 12.1 Å². The summed E-state index contributed by atoms with van der Waals surface area (Å²) in [6.45, 7) is 0. The van der Waals surface area contributed by atoms with E-state index in [1.807, 2.05) is 0 Å². The van der Waals surface area contributed by atoms with E-state index in [-0.39, 0.29) is 23.4 Å². The zero-order valence-corrected chi connectivity index (χ0v) is 9.51. The van der Waals surface area contributed by atoms with Crippen LogP contribution in [-0.2, 0) is 11.2 Å². The Labute approximate surface area is 101 Å². The molecule has 1 aromatic heterocycles. The van der Waals surface area contributed by atoms with Crippen LogP contribution in [0, 0.1) is 11.6 Å². The number of rotatable bonds is 2. The summed E-state index contributed by atoms with van der Waals surface area (Å²) in [7, 11) is 1.45. The Morgan fingerprint density at radius 3 is 2.61 bits per heavy atom. The molecule has 0 atom stereocenters. The third-order valence-corrected chi connectivity index (χ3v) is 2.59. The van der Waals surface area contributed by atoms with E-state index in [0.29, 0.717) is 5.39 Å².